The number of hydrogen-bond acceptors (Lipinski definition) is 4. The number of carbonyl (C=O) groups excluding carboxylic acids is 2. The molecule has 27 heavy (non-hydrogen) atoms. The van der Waals surface area contributed by atoms with Crippen molar-refractivity contribution in [3.8, 4) is 0 Å². The summed E-state index contributed by atoms with van der Waals surface area (Å²) in [5, 5.41) is 8.63. The zero-order chi connectivity index (χ0) is 19.2. The molecule has 2 amide bonds. The standard InChI is InChI=1S/C21H31N3O2S/c1-14(25)23-21-10-15-7-16(11-21)9-20(8-15,13-21)19(26)22-12-17(24(2)3)18-5-4-6-27-18/h4-6,15-17H,7-13H2,1-3H3,(H,22,26)(H,23,25)/t15-,16-,17-,20?,21?/m0/s1. The van der Waals surface area contributed by atoms with Crippen molar-refractivity contribution < 1.29 is 9.59 Å². The Bertz CT molecular complexity index is 701. The third kappa shape index (κ3) is 3.54. The highest BCUT2D eigenvalue weighted by atomic mass is 32.1. The fourth-order valence-electron chi connectivity index (χ4n) is 6.44. The Morgan fingerprint density at radius 1 is 1.26 bits per heavy atom. The monoisotopic (exact) mass is 389 g/mol. The quantitative estimate of drug-likeness (QED) is 0.786. The Morgan fingerprint density at radius 3 is 2.52 bits per heavy atom. The fourth-order valence-corrected chi connectivity index (χ4v) is 7.37. The zero-order valence-electron chi connectivity index (χ0n) is 16.6. The molecule has 2 N–H and O–H groups in total. The van der Waals surface area contributed by atoms with Crippen LogP contribution >= 0.6 is 11.3 Å². The van der Waals surface area contributed by atoms with Crippen molar-refractivity contribution in [3.05, 3.63) is 22.4 Å². The van der Waals surface area contributed by atoms with Crippen molar-refractivity contribution >= 4 is 23.2 Å². The maximum Gasteiger partial charge on any atom is 0.226 e. The second-order valence-corrected chi connectivity index (χ2v) is 10.4. The van der Waals surface area contributed by atoms with Gasteiger partial charge in [0.2, 0.25) is 11.8 Å². The van der Waals surface area contributed by atoms with Crippen LogP contribution in [0.15, 0.2) is 17.5 Å². The summed E-state index contributed by atoms with van der Waals surface area (Å²) < 4.78 is 0. The van der Waals surface area contributed by atoms with Crippen LogP contribution in [0.2, 0.25) is 0 Å². The summed E-state index contributed by atoms with van der Waals surface area (Å²) in [7, 11) is 4.13. The van der Waals surface area contributed by atoms with Gasteiger partial charge in [0.15, 0.2) is 0 Å². The number of nitrogens with one attached hydrogen (secondary N) is 2. The highest BCUT2D eigenvalue weighted by Gasteiger charge is 2.60. The van der Waals surface area contributed by atoms with Crippen molar-refractivity contribution in [3.63, 3.8) is 0 Å². The molecule has 6 heteroatoms. The Kier molecular flexibility index (Phi) is 4.83. The van der Waals surface area contributed by atoms with Crippen LogP contribution in [0.25, 0.3) is 0 Å². The number of amides is 2. The normalized spacial score (nSPS) is 35.3. The fraction of sp³-hybridized carbons (Fsp3) is 0.714. The smallest absolute Gasteiger partial charge is 0.226 e. The molecule has 4 fully saturated rings. The van der Waals surface area contributed by atoms with Crippen LogP contribution < -0.4 is 10.6 Å². The lowest BCUT2D eigenvalue weighted by Gasteiger charge is -2.61. The van der Waals surface area contributed by atoms with Crippen LogP contribution in [-0.4, -0.2) is 42.9 Å². The molecule has 0 spiro atoms. The molecule has 4 aliphatic rings. The van der Waals surface area contributed by atoms with Crippen LogP contribution in [0.1, 0.15) is 56.4 Å². The molecule has 0 saturated heterocycles. The molecule has 4 aliphatic carbocycles. The maximum atomic E-state index is 13.4. The van der Waals surface area contributed by atoms with Crippen molar-refractivity contribution in [2.45, 2.75) is 57.0 Å². The predicted molar refractivity (Wildman–Crippen MR) is 107 cm³/mol. The lowest BCUT2D eigenvalue weighted by atomic mass is 9.46. The summed E-state index contributed by atoms with van der Waals surface area (Å²) in [5.41, 5.74) is -0.444. The van der Waals surface area contributed by atoms with Crippen molar-refractivity contribution in [1.82, 2.24) is 15.5 Å². The van der Waals surface area contributed by atoms with E-state index < -0.39 is 0 Å². The molecule has 3 atom stereocenters. The van der Waals surface area contributed by atoms with Gasteiger partial charge in [0, 0.05) is 23.9 Å². The van der Waals surface area contributed by atoms with E-state index in [4.69, 9.17) is 0 Å². The lowest BCUT2D eigenvalue weighted by Crippen LogP contribution is -2.65. The molecule has 0 aliphatic heterocycles. The Hall–Kier alpha value is -1.40. The average Bonchev–Trinajstić information content (AvgIpc) is 3.06. The second kappa shape index (κ2) is 6.89. The number of carbonyl (C=O) groups is 2. The first-order valence-corrected chi connectivity index (χ1v) is 11.0. The minimum Gasteiger partial charge on any atom is -0.354 e. The molecule has 1 aromatic rings. The molecular formula is C21H31N3O2S. The Labute approximate surface area is 165 Å². The van der Waals surface area contributed by atoms with Gasteiger partial charge in [-0.25, -0.2) is 0 Å². The summed E-state index contributed by atoms with van der Waals surface area (Å²) >= 11 is 1.74. The minimum absolute atomic E-state index is 0.0397. The van der Waals surface area contributed by atoms with Crippen LogP contribution in [0, 0.1) is 17.3 Å². The predicted octanol–water partition coefficient (Wildman–Crippen LogP) is 2.94. The molecule has 4 saturated carbocycles. The third-order valence-electron chi connectivity index (χ3n) is 6.93. The molecule has 148 valence electrons. The topological polar surface area (TPSA) is 61.4 Å². The lowest BCUT2D eigenvalue weighted by molar-refractivity contribution is -0.153. The van der Waals surface area contributed by atoms with Crippen molar-refractivity contribution in [2.75, 3.05) is 20.6 Å². The van der Waals surface area contributed by atoms with Crippen LogP contribution in [0.3, 0.4) is 0 Å². The summed E-state index contributed by atoms with van der Waals surface area (Å²) in [6, 6.07) is 4.40. The van der Waals surface area contributed by atoms with E-state index in [0.717, 1.165) is 32.1 Å². The largest absolute Gasteiger partial charge is 0.354 e. The van der Waals surface area contributed by atoms with Gasteiger partial charge >= 0.3 is 0 Å². The van der Waals surface area contributed by atoms with E-state index in [-0.39, 0.29) is 28.8 Å². The number of rotatable bonds is 6. The molecule has 0 aromatic carbocycles. The first-order valence-electron chi connectivity index (χ1n) is 10.1. The highest BCUT2D eigenvalue weighted by molar-refractivity contribution is 7.10. The van der Waals surface area contributed by atoms with Gasteiger partial charge in [0.25, 0.3) is 0 Å². The number of thiophene rings is 1. The van der Waals surface area contributed by atoms with Crippen LogP contribution in [0.5, 0.6) is 0 Å². The minimum atomic E-state index is -0.293. The summed E-state index contributed by atoms with van der Waals surface area (Å²) in [4.78, 5) is 28.6. The van der Waals surface area contributed by atoms with Crippen LogP contribution in [-0.2, 0) is 9.59 Å². The Morgan fingerprint density at radius 2 is 1.96 bits per heavy atom. The molecule has 4 bridgehead atoms. The Balaban J connectivity index is 1.49. The van der Waals surface area contributed by atoms with Gasteiger partial charge in [0.1, 0.15) is 0 Å². The number of hydrogen-bond donors (Lipinski definition) is 2. The number of likely N-dealkylation sites (N-methyl/N-ethyl adjacent to an activating group) is 1. The molecule has 0 radical (unpaired) electrons. The summed E-state index contributed by atoms with van der Waals surface area (Å²) in [6.07, 6.45) is 6.11. The summed E-state index contributed by atoms with van der Waals surface area (Å²) in [5.74, 6) is 1.39. The van der Waals surface area contributed by atoms with E-state index in [1.165, 1.54) is 11.3 Å². The number of nitrogens with zero attached hydrogens (tertiary/aromatic N) is 1. The van der Waals surface area contributed by atoms with Gasteiger partial charge in [-0.15, -0.1) is 11.3 Å². The zero-order valence-corrected chi connectivity index (χ0v) is 17.4. The average molecular weight is 390 g/mol. The van der Waals surface area contributed by atoms with Crippen LogP contribution in [0.4, 0.5) is 0 Å². The first-order chi connectivity index (χ1) is 12.8. The molecule has 5 nitrogen and oxygen atoms in total. The van der Waals surface area contributed by atoms with Gasteiger partial charge < -0.3 is 15.5 Å². The van der Waals surface area contributed by atoms with Crippen molar-refractivity contribution in [2.24, 2.45) is 17.3 Å². The second-order valence-electron chi connectivity index (χ2n) is 9.41. The van der Waals surface area contributed by atoms with E-state index in [1.54, 1.807) is 18.3 Å². The van der Waals surface area contributed by atoms with Gasteiger partial charge in [-0.1, -0.05) is 6.07 Å². The van der Waals surface area contributed by atoms with E-state index in [9.17, 15) is 9.59 Å². The van der Waals surface area contributed by atoms with Gasteiger partial charge in [-0.3, -0.25) is 9.59 Å². The van der Waals surface area contributed by atoms with E-state index in [1.807, 2.05) is 0 Å². The SMILES string of the molecule is CC(=O)NC12C[C@H]3C[C@H](C1)CC(C(=O)NC[C@@H](c1cccs1)N(C)C)(C3)C2. The van der Waals surface area contributed by atoms with E-state index in [2.05, 4.69) is 47.1 Å². The molecule has 5 rings (SSSR count). The molecule has 1 heterocycles. The van der Waals surface area contributed by atoms with Gasteiger partial charge in [0.05, 0.1) is 11.5 Å². The molecular weight excluding hydrogens is 358 g/mol. The maximum absolute atomic E-state index is 13.4. The van der Waals surface area contributed by atoms with Gasteiger partial charge in [-0.2, -0.15) is 0 Å². The van der Waals surface area contributed by atoms with Crippen molar-refractivity contribution in [1.29, 1.82) is 0 Å². The van der Waals surface area contributed by atoms with Gasteiger partial charge in [-0.05, 0) is 75.9 Å². The van der Waals surface area contributed by atoms with E-state index >= 15 is 0 Å². The third-order valence-corrected chi connectivity index (χ3v) is 7.91. The first kappa shape index (κ1) is 18.9. The van der Waals surface area contributed by atoms with E-state index in [0.29, 0.717) is 18.4 Å². The molecule has 0 unspecified atom stereocenters. The summed E-state index contributed by atoms with van der Waals surface area (Å²) in [6.45, 7) is 2.24. The molecule has 1 aromatic heterocycles. The highest BCUT2D eigenvalue weighted by Crippen LogP contribution is 2.61.